The summed E-state index contributed by atoms with van der Waals surface area (Å²) in [4.78, 5) is 4.38. The Bertz CT molecular complexity index is 670. The molecule has 0 saturated heterocycles. The number of aromatic nitrogens is 2. The maximum absolute atomic E-state index is 12.3. The van der Waals surface area contributed by atoms with E-state index in [1.807, 2.05) is 6.07 Å². The van der Waals surface area contributed by atoms with E-state index in [0.29, 0.717) is 34.7 Å². The number of halogens is 4. The van der Waals surface area contributed by atoms with Crippen molar-refractivity contribution in [1.29, 1.82) is 5.26 Å². The molecule has 0 saturated carbocycles. The lowest BCUT2D eigenvalue weighted by molar-refractivity contribution is -0.135. The number of fused-ring (bicyclic) bond motifs is 1. The molecule has 0 spiro atoms. The van der Waals surface area contributed by atoms with Gasteiger partial charge in [0.1, 0.15) is 5.82 Å². The van der Waals surface area contributed by atoms with Crippen LogP contribution < -0.4 is 0 Å². The van der Waals surface area contributed by atoms with Crippen LogP contribution in [0.5, 0.6) is 0 Å². The van der Waals surface area contributed by atoms with Gasteiger partial charge in [-0.25, -0.2) is 4.98 Å². The SMILES string of the molecule is N#Cc1ccc2nc(CCCl)n(CCCC(F)(F)F)c2c1. The minimum atomic E-state index is -4.17. The van der Waals surface area contributed by atoms with Crippen molar-refractivity contribution in [3.8, 4) is 6.07 Å². The first-order valence-corrected chi connectivity index (χ1v) is 7.00. The Morgan fingerprint density at radius 2 is 2.10 bits per heavy atom. The summed E-state index contributed by atoms with van der Waals surface area (Å²) in [6.45, 7) is 0.205. The van der Waals surface area contributed by atoms with Gasteiger partial charge in [-0.3, -0.25) is 0 Å². The smallest absolute Gasteiger partial charge is 0.328 e. The van der Waals surface area contributed by atoms with Crippen LogP contribution in [-0.4, -0.2) is 21.6 Å². The van der Waals surface area contributed by atoms with E-state index in [1.54, 1.807) is 22.8 Å². The maximum Gasteiger partial charge on any atom is 0.389 e. The molecule has 0 aliphatic rings. The third-order valence-electron chi connectivity index (χ3n) is 3.12. The molecule has 7 heteroatoms. The number of hydrogen-bond donors (Lipinski definition) is 0. The zero-order valence-electron chi connectivity index (χ0n) is 11.1. The first kappa shape index (κ1) is 15.6. The highest BCUT2D eigenvalue weighted by molar-refractivity contribution is 6.17. The van der Waals surface area contributed by atoms with Gasteiger partial charge in [0, 0.05) is 25.3 Å². The molecule has 21 heavy (non-hydrogen) atoms. The molecule has 2 rings (SSSR count). The van der Waals surface area contributed by atoms with Crippen molar-refractivity contribution in [3.63, 3.8) is 0 Å². The van der Waals surface area contributed by atoms with E-state index < -0.39 is 12.6 Å². The van der Waals surface area contributed by atoms with Gasteiger partial charge in [-0.1, -0.05) is 0 Å². The minimum absolute atomic E-state index is 0.0268. The van der Waals surface area contributed by atoms with Gasteiger partial charge in [0.05, 0.1) is 22.7 Å². The number of hydrogen-bond acceptors (Lipinski definition) is 2. The summed E-state index contributed by atoms with van der Waals surface area (Å²) in [6, 6.07) is 7.01. The monoisotopic (exact) mass is 315 g/mol. The van der Waals surface area contributed by atoms with Crippen molar-refractivity contribution in [1.82, 2.24) is 9.55 Å². The zero-order chi connectivity index (χ0) is 15.5. The number of aryl methyl sites for hydroxylation is 2. The van der Waals surface area contributed by atoms with Gasteiger partial charge in [-0.2, -0.15) is 18.4 Å². The van der Waals surface area contributed by atoms with Gasteiger partial charge in [0.25, 0.3) is 0 Å². The summed E-state index contributed by atoms with van der Waals surface area (Å²) in [6.07, 6.45) is -4.56. The van der Waals surface area contributed by atoms with Crippen LogP contribution in [0.1, 0.15) is 24.2 Å². The number of imidazole rings is 1. The largest absolute Gasteiger partial charge is 0.389 e. The molecule has 2 aromatic rings. The molecule has 0 aliphatic heterocycles. The Labute approximate surface area is 124 Å². The van der Waals surface area contributed by atoms with Crippen molar-refractivity contribution in [3.05, 3.63) is 29.6 Å². The first-order valence-electron chi connectivity index (χ1n) is 6.46. The normalized spacial score (nSPS) is 11.8. The molecule has 0 unspecified atom stereocenters. The van der Waals surface area contributed by atoms with E-state index >= 15 is 0 Å². The Kier molecular flexibility index (Phi) is 4.73. The first-order chi connectivity index (χ1) is 9.94. The van der Waals surface area contributed by atoms with E-state index in [1.165, 1.54) is 0 Å². The van der Waals surface area contributed by atoms with Crippen molar-refractivity contribution in [2.24, 2.45) is 0 Å². The predicted molar refractivity (Wildman–Crippen MR) is 74.2 cm³/mol. The number of nitriles is 1. The van der Waals surface area contributed by atoms with Gasteiger partial charge in [-0.15, -0.1) is 11.6 Å². The number of benzene rings is 1. The molecule has 1 heterocycles. The van der Waals surface area contributed by atoms with E-state index in [-0.39, 0.29) is 13.0 Å². The van der Waals surface area contributed by atoms with Crippen LogP contribution in [0.4, 0.5) is 13.2 Å². The summed E-state index contributed by atoms with van der Waals surface area (Å²) in [5.41, 5.74) is 1.80. The van der Waals surface area contributed by atoms with Crippen LogP contribution in [0.15, 0.2) is 18.2 Å². The van der Waals surface area contributed by atoms with Crippen LogP contribution in [-0.2, 0) is 13.0 Å². The van der Waals surface area contributed by atoms with Gasteiger partial charge >= 0.3 is 6.18 Å². The Balaban J connectivity index is 2.33. The highest BCUT2D eigenvalue weighted by Gasteiger charge is 2.26. The number of nitrogens with zero attached hydrogens (tertiary/aromatic N) is 3. The Morgan fingerprint density at radius 3 is 2.71 bits per heavy atom. The molecular formula is C14H13ClF3N3. The molecule has 0 amide bonds. The summed E-state index contributed by atoms with van der Waals surface area (Å²) in [5.74, 6) is 0.991. The van der Waals surface area contributed by atoms with E-state index in [9.17, 15) is 13.2 Å². The zero-order valence-corrected chi connectivity index (χ0v) is 11.9. The topological polar surface area (TPSA) is 41.6 Å². The van der Waals surface area contributed by atoms with E-state index in [4.69, 9.17) is 16.9 Å². The molecule has 3 nitrogen and oxygen atoms in total. The highest BCUT2D eigenvalue weighted by atomic mass is 35.5. The summed E-state index contributed by atoms with van der Waals surface area (Å²) >= 11 is 5.72. The van der Waals surface area contributed by atoms with Crippen LogP contribution in [0.25, 0.3) is 11.0 Å². The second-order valence-electron chi connectivity index (χ2n) is 4.65. The van der Waals surface area contributed by atoms with Crippen molar-refractivity contribution < 1.29 is 13.2 Å². The van der Waals surface area contributed by atoms with E-state index in [0.717, 1.165) is 0 Å². The molecular weight excluding hydrogens is 303 g/mol. The Morgan fingerprint density at radius 1 is 1.33 bits per heavy atom. The Hall–Kier alpha value is -1.74. The highest BCUT2D eigenvalue weighted by Crippen LogP contribution is 2.24. The van der Waals surface area contributed by atoms with Crippen LogP contribution in [0.2, 0.25) is 0 Å². The third-order valence-corrected chi connectivity index (χ3v) is 3.31. The van der Waals surface area contributed by atoms with Gasteiger partial charge in [0.2, 0.25) is 0 Å². The number of rotatable bonds is 5. The molecule has 0 fully saturated rings. The number of alkyl halides is 4. The van der Waals surface area contributed by atoms with Crippen molar-refractivity contribution >= 4 is 22.6 Å². The maximum atomic E-state index is 12.3. The quantitative estimate of drug-likeness (QED) is 0.782. The molecule has 0 radical (unpaired) electrons. The molecule has 0 aliphatic carbocycles. The van der Waals surface area contributed by atoms with Crippen LogP contribution in [0.3, 0.4) is 0 Å². The lowest BCUT2D eigenvalue weighted by Gasteiger charge is -2.10. The fourth-order valence-electron chi connectivity index (χ4n) is 2.20. The molecule has 0 atom stereocenters. The molecule has 0 N–H and O–H groups in total. The lowest BCUT2D eigenvalue weighted by Crippen LogP contribution is -2.11. The third kappa shape index (κ3) is 3.88. The summed E-state index contributed by atoms with van der Waals surface area (Å²) in [7, 11) is 0. The average Bonchev–Trinajstić information content (AvgIpc) is 2.75. The fraction of sp³-hybridized carbons (Fsp3) is 0.429. The molecule has 112 valence electrons. The molecule has 1 aromatic heterocycles. The molecule has 0 bridgehead atoms. The van der Waals surface area contributed by atoms with Gasteiger partial charge < -0.3 is 4.57 Å². The minimum Gasteiger partial charge on any atom is -0.328 e. The predicted octanol–water partition coefficient (Wildman–Crippen LogP) is 4.03. The fourth-order valence-corrected chi connectivity index (χ4v) is 2.37. The summed E-state index contributed by atoms with van der Waals surface area (Å²) < 4.78 is 38.6. The molecule has 1 aromatic carbocycles. The second kappa shape index (κ2) is 6.35. The standard InChI is InChI=1S/C14H13ClF3N3/c15-6-4-13-20-11-3-2-10(9-19)8-12(11)21(13)7-1-5-14(16,17)18/h2-3,8H,1,4-7H2. The lowest BCUT2D eigenvalue weighted by atomic mass is 10.2. The van der Waals surface area contributed by atoms with Crippen molar-refractivity contribution in [2.45, 2.75) is 32.0 Å². The van der Waals surface area contributed by atoms with Crippen LogP contribution >= 0.6 is 11.6 Å². The second-order valence-corrected chi connectivity index (χ2v) is 5.03. The van der Waals surface area contributed by atoms with Crippen LogP contribution in [0, 0.1) is 11.3 Å². The van der Waals surface area contributed by atoms with Gasteiger partial charge in [0.15, 0.2) is 0 Å². The van der Waals surface area contributed by atoms with Crippen molar-refractivity contribution in [2.75, 3.05) is 5.88 Å². The van der Waals surface area contributed by atoms with Gasteiger partial charge in [-0.05, 0) is 24.6 Å². The average molecular weight is 316 g/mol. The summed E-state index contributed by atoms with van der Waals surface area (Å²) in [5, 5.41) is 8.93. The van der Waals surface area contributed by atoms with E-state index in [2.05, 4.69) is 4.98 Å².